The summed E-state index contributed by atoms with van der Waals surface area (Å²) in [5.41, 5.74) is -0.302. The maximum atomic E-state index is 13.1. The van der Waals surface area contributed by atoms with E-state index in [-0.39, 0.29) is 10.4 Å². The van der Waals surface area contributed by atoms with Gasteiger partial charge in [0.05, 0.1) is 23.2 Å². The SMILES string of the molecule is CCCC1(O)CN(C(=O)c2ccc(F)c(Br)c2)C1. The van der Waals surface area contributed by atoms with Gasteiger partial charge < -0.3 is 10.0 Å². The third-order valence-electron chi connectivity index (χ3n) is 3.14. The number of carbonyl (C=O) groups is 1. The fourth-order valence-corrected chi connectivity index (χ4v) is 2.62. The summed E-state index contributed by atoms with van der Waals surface area (Å²) < 4.78 is 13.3. The van der Waals surface area contributed by atoms with E-state index in [1.807, 2.05) is 6.92 Å². The summed E-state index contributed by atoms with van der Waals surface area (Å²) in [5, 5.41) is 10.0. The van der Waals surface area contributed by atoms with Gasteiger partial charge in [0.1, 0.15) is 5.82 Å². The molecule has 1 amide bonds. The second-order valence-corrected chi connectivity index (χ2v) is 5.62. The molecule has 18 heavy (non-hydrogen) atoms. The minimum atomic E-state index is -0.734. The molecule has 1 N–H and O–H groups in total. The van der Waals surface area contributed by atoms with Crippen LogP contribution in [0.2, 0.25) is 0 Å². The molecular formula is C13H15BrFNO2. The predicted molar refractivity (Wildman–Crippen MR) is 69.9 cm³/mol. The molecule has 1 aromatic rings. The molecule has 2 rings (SSSR count). The first-order valence-electron chi connectivity index (χ1n) is 5.92. The molecule has 1 aliphatic heterocycles. The third-order valence-corrected chi connectivity index (χ3v) is 3.75. The maximum absolute atomic E-state index is 13.1. The number of rotatable bonds is 3. The minimum absolute atomic E-state index is 0.170. The molecule has 1 fully saturated rings. The Hall–Kier alpha value is -0.940. The molecule has 98 valence electrons. The van der Waals surface area contributed by atoms with Gasteiger partial charge in [0.2, 0.25) is 0 Å². The second-order valence-electron chi connectivity index (χ2n) is 4.76. The lowest BCUT2D eigenvalue weighted by atomic mass is 9.89. The lowest BCUT2D eigenvalue weighted by Gasteiger charge is -2.46. The zero-order chi connectivity index (χ0) is 13.3. The number of amides is 1. The molecule has 0 spiro atoms. The molecule has 1 saturated heterocycles. The fraction of sp³-hybridized carbons (Fsp3) is 0.462. The van der Waals surface area contributed by atoms with Crippen LogP contribution in [0.1, 0.15) is 30.1 Å². The summed E-state index contributed by atoms with van der Waals surface area (Å²) in [4.78, 5) is 13.6. The van der Waals surface area contributed by atoms with Crippen molar-refractivity contribution in [2.24, 2.45) is 0 Å². The molecule has 5 heteroatoms. The Bertz CT molecular complexity index is 472. The predicted octanol–water partition coefficient (Wildman–Crippen LogP) is 2.58. The molecular weight excluding hydrogens is 301 g/mol. The molecule has 1 aromatic carbocycles. The average molecular weight is 316 g/mol. The Kier molecular flexibility index (Phi) is 3.73. The van der Waals surface area contributed by atoms with Crippen molar-refractivity contribution in [1.82, 2.24) is 4.90 Å². The van der Waals surface area contributed by atoms with Crippen LogP contribution >= 0.6 is 15.9 Å². The highest BCUT2D eigenvalue weighted by Crippen LogP contribution is 2.28. The molecule has 0 aromatic heterocycles. The monoisotopic (exact) mass is 315 g/mol. The first-order chi connectivity index (χ1) is 8.45. The number of hydrogen-bond acceptors (Lipinski definition) is 2. The molecule has 0 saturated carbocycles. The highest BCUT2D eigenvalue weighted by atomic mass is 79.9. The Morgan fingerprint density at radius 1 is 1.56 bits per heavy atom. The van der Waals surface area contributed by atoms with Crippen LogP contribution in [0.4, 0.5) is 4.39 Å². The Balaban J connectivity index is 2.03. The number of carbonyl (C=O) groups excluding carboxylic acids is 1. The molecule has 0 bridgehead atoms. The Morgan fingerprint density at radius 2 is 2.22 bits per heavy atom. The van der Waals surface area contributed by atoms with Crippen LogP contribution in [0.15, 0.2) is 22.7 Å². The first-order valence-corrected chi connectivity index (χ1v) is 6.71. The number of halogens is 2. The van der Waals surface area contributed by atoms with Gasteiger partial charge in [-0.05, 0) is 40.5 Å². The van der Waals surface area contributed by atoms with Crippen LogP contribution in [-0.4, -0.2) is 34.6 Å². The van der Waals surface area contributed by atoms with Gasteiger partial charge in [0.25, 0.3) is 5.91 Å². The molecule has 0 atom stereocenters. The highest BCUT2D eigenvalue weighted by Gasteiger charge is 2.42. The first kappa shape index (κ1) is 13.5. The lowest BCUT2D eigenvalue weighted by Crippen LogP contribution is -2.63. The van der Waals surface area contributed by atoms with E-state index in [0.29, 0.717) is 25.1 Å². The summed E-state index contributed by atoms with van der Waals surface area (Å²) in [7, 11) is 0. The summed E-state index contributed by atoms with van der Waals surface area (Å²) in [6.07, 6.45) is 1.59. The molecule has 1 aliphatic rings. The van der Waals surface area contributed by atoms with Crippen LogP contribution in [-0.2, 0) is 0 Å². The molecule has 1 heterocycles. The zero-order valence-electron chi connectivity index (χ0n) is 10.1. The number of benzene rings is 1. The Labute approximate surface area is 114 Å². The van der Waals surface area contributed by atoms with Crippen LogP contribution in [0, 0.1) is 5.82 Å². The van der Waals surface area contributed by atoms with Gasteiger partial charge in [-0.3, -0.25) is 4.79 Å². The number of hydrogen-bond donors (Lipinski definition) is 1. The molecule has 0 radical (unpaired) electrons. The van der Waals surface area contributed by atoms with Gasteiger partial charge in [-0.15, -0.1) is 0 Å². The fourth-order valence-electron chi connectivity index (χ4n) is 2.24. The molecule has 0 unspecified atom stereocenters. The number of nitrogens with zero attached hydrogens (tertiary/aromatic N) is 1. The highest BCUT2D eigenvalue weighted by molar-refractivity contribution is 9.10. The topological polar surface area (TPSA) is 40.5 Å². The van der Waals surface area contributed by atoms with Crippen LogP contribution in [0.3, 0.4) is 0 Å². The van der Waals surface area contributed by atoms with E-state index in [2.05, 4.69) is 15.9 Å². The van der Waals surface area contributed by atoms with Crippen LogP contribution in [0.25, 0.3) is 0 Å². The van der Waals surface area contributed by atoms with Crippen molar-refractivity contribution in [3.05, 3.63) is 34.1 Å². The van der Waals surface area contributed by atoms with Crippen molar-refractivity contribution in [2.45, 2.75) is 25.4 Å². The second kappa shape index (κ2) is 4.97. The standard InChI is InChI=1S/C13H15BrFNO2/c1-2-5-13(18)7-16(8-13)12(17)9-3-4-11(15)10(14)6-9/h3-4,6,18H,2,5,7-8H2,1H3. The normalized spacial score (nSPS) is 17.4. The molecule has 0 aliphatic carbocycles. The lowest BCUT2D eigenvalue weighted by molar-refractivity contribution is -0.0860. The van der Waals surface area contributed by atoms with Crippen LogP contribution < -0.4 is 0 Å². The Morgan fingerprint density at radius 3 is 2.78 bits per heavy atom. The smallest absolute Gasteiger partial charge is 0.254 e. The van der Waals surface area contributed by atoms with Gasteiger partial charge in [0.15, 0.2) is 0 Å². The number of likely N-dealkylation sites (tertiary alicyclic amines) is 1. The minimum Gasteiger partial charge on any atom is -0.386 e. The summed E-state index contributed by atoms with van der Waals surface area (Å²) in [6.45, 7) is 2.71. The zero-order valence-corrected chi connectivity index (χ0v) is 11.7. The van der Waals surface area contributed by atoms with Gasteiger partial charge in [-0.2, -0.15) is 0 Å². The van der Waals surface area contributed by atoms with Gasteiger partial charge >= 0.3 is 0 Å². The van der Waals surface area contributed by atoms with Gasteiger partial charge in [-0.25, -0.2) is 4.39 Å². The van der Waals surface area contributed by atoms with Crippen molar-refractivity contribution in [3.8, 4) is 0 Å². The van der Waals surface area contributed by atoms with Crippen molar-refractivity contribution in [2.75, 3.05) is 13.1 Å². The van der Waals surface area contributed by atoms with E-state index in [9.17, 15) is 14.3 Å². The van der Waals surface area contributed by atoms with Gasteiger partial charge in [0, 0.05) is 5.56 Å². The van der Waals surface area contributed by atoms with E-state index in [1.54, 1.807) is 4.90 Å². The van der Waals surface area contributed by atoms with Gasteiger partial charge in [-0.1, -0.05) is 13.3 Å². The van der Waals surface area contributed by atoms with Crippen molar-refractivity contribution in [3.63, 3.8) is 0 Å². The average Bonchev–Trinajstić information content (AvgIpc) is 2.29. The summed E-state index contributed by atoms with van der Waals surface area (Å²) in [5.74, 6) is -0.561. The molecule has 3 nitrogen and oxygen atoms in total. The van der Waals surface area contributed by atoms with E-state index < -0.39 is 11.4 Å². The van der Waals surface area contributed by atoms with Crippen LogP contribution in [0.5, 0.6) is 0 Å². The third kappa shape index (κ3) is 2.57. The largest absolute Gasteiger partial charge is 0.386 e. The van der Waals surface area contributed by atoms with Crippen molar-refractivity contribution >= 4 is 21.8 Å². The van der Waals surface area contributed by atoms with E-state index >= 15 is 0 Å². The summed E-state index contributed by atoms with van der Waals surface area (Å²) >= 11 is 3.06. The van der Waals surface area contributed by atoms with E-state index in [4.69, 9.17) is 0 Å². The quantitative estimate of drug-likeness (QED) is 0.931. The maximum Gasteiger partial charge on any atom is 0.254 e. The van der Waals surface area contributed by atoms with Crippen molar-refractivity contribution in [1.29, 1.82) is 0 Å². The summed E-state index contributed by atoms with van der Waals surface area (Å²) in [6, 6.07) is 4.18. The number of aliphatic hydroxyl groups is 1. The van der Waals surface area contributed by atoms with E-state index in [0.717, 1.165) is 6.42 Å². The van der Waals surface area contributed by atoms with Crippen molar-refractivity contribution < 1.29 is 14.3 Å². The van der Waals surface area contributed by atoms with E-state index in [1.165, 1.54) is 18.2 Å². The number of β-amino-alcohol motifs (C(OH)–C–C–N with tert-alkyl or cyclic N) is 1.